The van der Waals surface area contributed by atoms with Gasteiger partial charge >= 0.3 is 0 Å². The Morgan fingerprint density at radius 3 is 1.52 bits per heavy atom. The lowest BCUT2D eigenvalue weighted by Gasteiger charge is -2.23. The molecule has 0 aliphatic carbocycles. The molecule has 2 rings (SSSR count). The average molecular weight is 466 g/mol. The van der Waals surface area contributed by atoms with E-state index in [2.05, 4.69) is 18.7 Å². The Labute approximate surface area is 198 Å². The van der Waals surface area contributed by atoms with Gasteiger partial charge in [-0.3, -0.25) is 0 Å². The smallest absolute Gasteiger partial charge is 0.115 e. The third-order valence-electron chi connectivity index (χ3n) is 5.03. The molecule has 2 aromatic rings. The molecule has 2 aromatic carbocycles. The summed E-state index contributed by atoms with van der Waals surface area (Å²) in [5.41, 5.74) is 0. The molecule has 174 valence electrons. The minimum atomic E-state index is 0.320. The van der Waals surface area contributed by atoms with Gasteiger partial charge in [-0.15, -0.1) is 23.5 Å². The summed E-state index contributed by atoms with van der Waals surface area (Å²) >= 11 is 3.69. The van der Waals surface area contributed by atoms with Gasteiger partial charge in [0.05, 0.1) is 19.6 Å². The summed E-state index contributed by atoms with van der Waals surface area (Å²) < 4.78 is 0. The minimum Gasteiger partial charge on any atom is -0.508 e. The van der Waals surface area contributed by atoms with E-state index in [4.69, 9.17) is 0 Å². The van der Waals surface area contributed by atoms with Crippen LogP contribution in [0, 0.1) is 0 Å². The molecule has 0 saturated carbocycles. The van der Waals surface area contributed by atoms with Crippen LogP contribution in [0.4, 0.5) is 0 Å². The first-order valence-corrected chi connectivity index (χ1v) is 13.5. The standard InChI is InChI=1S/C23H34N2O2S2.C2H6/c1-3-24(4-2)14-5-15-25(16-18-28-22-10-6-20(26)7-11-22)17-19-29-23-12-8-21(27)9-13-23;1-2/h6-13,26-27H,3-5,14-19H2,1-2H3;1-2H3/p+1. The van der Waals surface area contributed by atoms with E-state index >= 15 is 0 Å². The molecular weight excluding hydrogens is 424 g/mol. The number of hydrogen-bond acceptors (Lipinski definition) is 5. The van der Waals surface area contributed by atoms with Crippen LogP contribution in [0.15, 0.2) is 58.3 Å². The Hall–Kier alpha value is -1.34. The second kappa shape index (κ2) is 17.2. The molecule has 4 nitrogen and oxygen atoms in total. The molecule has 0 heterocycles. The minimum absolute atomic E-state index is 0.320. The topological polar surface area (TPSA) is 48.1 Å². The van der Waals surface area contributed by atoms with E-state index in [1.54, 1.807) is 29.2 Å². The maximum Gasteiger partial charge on any atom is 0.115 e. The predicted octanol–water partition coefficient (Wildman–Crippen LogP) is 4.63. The molecule has 0 atom stereocenters. The van der Waals surface area contributed by atoms with Crippen molar-refractivity contribution >= 4 is 23.5 Å². The number of nitrogens with zero attached hydrogens (tertiary/aromatic N) is 1. The summed E-state index contributed by atoms with van der Waals surface area (Å²) in [4.78, 5) is 6.65. The molecule has 3 N–H and O–H groups in total. The highest BCUT2D eigenvalue weighted by molar-refractivity contribution is 7.99. The van der Waals surface area contributed by atoms with Crippen molar-refractivity contribution in [2.75, 3.05) is 50.8 Å². The van der Waals surface area contributed by atoms with E-state index < -0.39 is 0 Å². The first kappa shape index (κ1) is 27.7. The SMILES string of the molecule is CC.CC[NH+](CC)CCCN(CCSc1ccc(O)cc1)CCSc1ccc(O)cc1. The molecule has 0 aromatic heterocycles. The van der Waals surface area contributed by atoms with Crippen LogP contribution in [0.1, 0.15) is 34.1 Å². The zero-order valence-electron chi connectivity index (χ0n) is 19.6. The van der Waals surface area contributed by atoms with Gasteiger partial charge in [0.2, 0.25) is 0 Å². The van der Waals surface area contributed by atoms with E-state index in [1.807, 2.05) is 61.6 Å². The van der Waals surface area contributed by atoms with Gasteiger partial charge in [-0.2, -0.15) is 0 Å². The number of quaternary nitrogens is 1. The average Bonchev–Trinajstić information content (AvgIpc) is 2.80. The number of hydrogen-bond donors (Lipinski definition) is 3. The molecule has 0 saturated heterocycles. The lowest BCUT2D eigenvalue weighted by molar-refractivity contribution is -0.896. The van der Waals surface area contributed by atoms with Crippen molar-refractivity contribution in [3.63, 3.8) is 0 Å². The third-order valence-corrected chi connectivity index (χ3v) is 7.01. The summed E-state index contributed by atoms with van der Waals surface area (Å²) in [6.07, 6.45) is 1.23. The van der Waals surface area contributed by atoms with Crippen LogP contribution in [0.3, 0.4) is 0 Å². The van der Waals surface area contributed by atoms with Crippen LogP contribution in [-0.2, 0) is 0 Å². The summed E-state index contributed by atoms with van der Waals surface area (Å²) in [5, 5.41) is 18.8. The molecule has 0 aliphatic heterocycles. The summed E-state index contributed by atoms with van der Waals surface area (Å²) in [6.45, 7) is 15.4. The van der Waals surface area contributed by atoms with E-state index in [9.17, 15) is 10.2 Å². The number of phenols is 2. The van der Waals surface area contributed by atoms with E-state index in [1.165, 1.54) is 35.8 Å². The lowest BCUT2D eigenvalue weighted by Crippen LogP contribution is -3.11. The normalized spacial score (nSPS) is 10.9. The lowest BCUT2D eigenvalue weighted by atomic mass is 10.3. The monoisotopic (exact) mass is 465 g/mol. The molecule has 0 unspecified atom stereocenters. The molecule has 0 fully saturated rings. The van der Waals surface area contributed by atoms with Gasteiger partial charge in [0.25, 0.3) is 0 Å². The molecule has 31 heavy (non-hydrogen) atoms. The van der Waals surface area contributed by atoms with Gasteiger partial charge < -0.3 is 20.0 Å². The van der Waals surface area contributed by atoms with Crippen molar-refractivity contribution in [1.29, 1.82) is 0 Å². The van der Waals surface area contributed by atoms with Crippen molar-refractivity contribution in [2.45, 2.75) is 43.9 Å². The van der Waals surface area contributed by atoms with Gasteiger partial charge in [-0.25, -0.2) is 0 Å². The summed E-state index contributed by atoms with van der Waals surface area (Å²) in [6, 6.07) is 14.9. The largest absolute Gasteiger partial charge is 0.508 e. The quantitative estimate of drug-likeness (QED) is 0.355. The highest BCUT2D eigenvalue weighted by atomic mass is 32.2. The third kappa shape index (κ3) is 12.3. The predicted molar refractivity (Wildman–Crippen MR) is 137 cm³/mol. The Morgan fingerprint density at radius 2 is 1.13 bits per heavy atom. The Balaban J connectivity index is 0.00000233. The van der Waals surface area contributed by atoms with Gasteiger partial charge in [-0.1, -0.05) is 13.8 Å². The first-order chi connectivity index (χ1) is 15.1. The van der Waals surface area contributed by atoms with Crippen molar-refractivity contribution < 1.29 is 15.1 Å². The molecular formula is C25H41N2O2S2+. The van der Waals surface area contributed by atoms with Crippen molar-refractivity contribution in [2.24, 2.45) is 0 Å². The van der Waals surface area contributed by atoms with E-state index in [-0.39, 0.29) is 0 Å². The fourth-order valence-corrected chi connectivity index (χ4v) is 4.99. The fraction of sp³-hybridized carbons (Fsp3) is 0.520. The summed E-state index contributed by atoms with van der Waals surface area (Å²) in [5.74, 6) is 2.74. The number of thioether (sulfide) groups is 2. The molecule has 0 aliphatic rings. The maximum absolute atomic E-state index is 9.42. The van der Waals surface area contributed by atoms with Crippen LogP contribution in [0.5, 0.6) is 11.5 Å². The van der Waals surface area contributed by atoms with Crippen LogP contribution in [0.25, 0.3) is 0 Å². The Bertz CT molecular complexity index is 625. The number of benzene rings is 2. The zero-order chi connectivity index (χ0) is 22.9. The number of aromatic hydroxyl groups is 2. The molecule has 0 radical (unpaired) electrons. The Morgan fingerprint density at radius 1 is 0.710 bits per heavy atom. The fourth-order valence-electron chi connectivity index (χ4n) is 3.16. The highest BCUT2D eigenvalue weighted by Gasteiger charge is 2.09. The number of phenolic OH excluding ortho intramolecular Hbond substituents is 2. The van der Waals surface area contributed by atoms with Crippen LogP contribution in [-0.4, -0.2) is 65.9 Å². The van der Waals surface area contributed by atoms with Crippen molar-refractivity contribution in [3.05, 3.63) is 48.5 Å². The second-order valence-electron chi connectivity index (χ2n) is 7.09. The zero-order valence-corrected chi connectivity index (χ0v) is 21.3. The molecule has 0 spiro atoms. The Kier molecular flexibility index (Phi) is 15.4. The van der Waals surface area contributed by atoms with E-state index in [0.29, 0.717) is 11.5 Å². The molecule has 0 bridgehead atoms. The highest BCUT2D eigenvalue weighted by Crippen LogP contribution is 2.22. The van der Waals surface area contributed by atoms with Gasteiger partial charge in [0, 0.05) is 47.4 Å². The van der Waals surface area contributed by atoms with Crippen LogP contribution >= 0.6 is 23.5 Å². The van der Waals surface area contributed by atoms with Gasteiger partial charge in [-0.05, 0) is 62.4 Å². The molecule has 6 heteroatoms. The van der Waals surface area contributed by atoms with Gasteiger partial charge in [0.1, 0.15) is 11.5 Å². The van der Waals surface area contributed by atoms with Crippen LogP contribution < -0.4 is 4.90 Å². The number of rotatable bonds is 14. The number of nitrogens with one attached hydrogen (secondary N) is 1. The summed E-state index contributed by atoms with van der Waals surface area (Å²) in [7, 11) is 0. The second-order valence-corrected chi connectivity index (χ2v) is 9.42. The van der Waals surface area contributed by atoms with Gasteiger partial charge in [0.15, 0.2) is 0 Å². The van der Waals surface area contributed by atoms with E-state index in [0.717, 1.165) is 31.1 Å². The van der Waals surface area contributed by atoms with Crippen molar-refractivity contribution in [3.8, 4) is 11.5 Å². The first-order valence-electron chi connectivity index (χ1n) is 11.5. The maximum atomic E-state index is 9.42. The molecule has 0 amide bonds. The van der Waals surface area contributed by atoms with Crippen LogP contribution in [0.2, 0.25) is 0 Å². The van der Waals surface area contributed by atoms with Crippen molar-refractivity contribution in [1.82, 2.24) is 4.90 Å².